The maximum absolute atomic E-state index is 12.9. The van der Waals surface area contributed by atoms with E-state index in [0.717, 1.165) is 0 Å². The third-order valence-electron chi connectivity index (χ3n) is 3.16. The molecule has 1 aromatic rings. The number of carbonyl (C=O) groups is 2. The molecule has 0 aliphatic carbocycles. The summed E-state index contributed by atoms with van der Waals surface area (Å²) in [5.74, 6) is -0.486. The summed E-state index contributed by atoms with van der Waals surface area (Å²) in [6, 6.07) is 4.91. The lowest BCUT2D eigenvalue weighted by molar-refractivity contribution is -0.117. The smallest absolute Gasteiger partial charge is 0.315 e. The molecule has 0 unspecified atom stereocenters. The number of aliphatic hydroxyl groups is 1. The van der Waals surface area contributed by atoms with Gasteiger partial charge in [-0.2, -0.15) is 0 Å². The number of rotatable bonds is 4. The van der Waals surface area contributed by atoms with E-state index in [1.807, 2.05) is 0 Å². The lowest BCUT2D eigenvalue weighted by Crippen LogP contribution is -2.45. The molecule has 0 spiro atoms. The highest BCUT2D eigenvalue weighted by molar-refractivity contribution is 5.96. The maximum atomic E-state index is 12.9. The Balaban J connectivity index is 1.90. The third kappa shape index (κ3) is 4.16. The first-order chi connectivity index (χ1) is 9.95. The fourth-order valence-corrected chi connectivity index (χ4v) is 2.15. The van der Waals surface area contributed by atoms with Crippen LogP contribution in [0.4, 0.5) is 14.9 Å². The second-order valence-electron chi connectivity index (χ2n) is 5.09. The van der Waals surface area contributed by atoms with Gasteiger partial charge in [0.2, 0.25) is 5.91 Å². The largest absolute Gasteiger partial charge is 0.392 e. The molecule has 0 bridgehead atoms. The third-order valence-corrected chi connectivity index (χ3v) is 3.16. The number of hydrogen-bond acceptors (Lipinski definition) is 3. The van der Waals surface area contributed by atoms with Crippen LogP contribution in [0.15, 0.2) is 24.3 Å². The summed E-state index contributed by atoms with van der Waals surface area (Å²) in [5.41, 5.74) is 0.607. The number of hydrogen-bond donors (Lipinski definition) is 3. The van der Waals surface area contributed by atoms with Crippen LogP contribution in [0, 0.1) is 5.82 Å². The van der Waals surface area contributed by atoms with Crippen molar-refractivity contribution in [1.29, 1.82) is 0 Å². The van der Waals surface area contributed by atoms with Gasteiger partial charge in [-0.25, -0.2) is 9.18 Å². The van der Waals surface area contributed by atoms with Crippen molar-refractivity contribution in [2.24, 2.45) is 0 Å². The number of anilines is 1. The van der Waals surface area contributed by atoms with Crippen molar-refractivity contribution >= 4 is 17.6 Å². The first kappa shape index (κ1) is 15.2. The molecule has 6 nitrogen and oxygen atoms in total. The van der Waals surface area contributed by atoms with Gasteiger partial charge < -0.3 is 20.6 Å². The number of urea groups is 1. The molecule has 1 saturated heterocycles. The normalized spacial score (nSPS) is 19.5. The zero-order chi connectivity index (χ0) is 15.4. The van der Waals surface area contributed by atoms with Crippen LogP contribution >= 0.6 is 0 Å². The number of nitrogens with zero attached hydrogens (tertiary/aromatic N) is 1. The monoisotopic (exact) mass is 295 g/mol. The summed E-state index contributed by atoms with van der Waals surface area (Å²) in [6.45, 7) is 2.05. The van der Waals surface area contributed by atoms with Crippen molar-refractivity contribution in [1.82, 2.24) is 10.6 Å². The zero-order valence-electron chi connectivity index (χ0n) is 11.7. The van der Waals surface area contributed by atoms with E-state index in [-0.39, 0.29) is 30.7 Å². The van der Waals surface area contributed by atoms with Crippen LogP contribution in [0.5, 0.6) is 0 Å². The summed E-state index contributed by atoms with van der Waals surface area (Å²) in [5, 5.41) is 14.3. The van der Waals surface area contributed by atoms with Crippen molar-refractivity contribution < 1.29 is 19.1 Å². The van der Waals surface area contributed by atoms with Crippen molar-refractivity contribution in [2.45, 2.75) is 25.5 Å². The summed E-state index contributed by atoms with van der Waals surface area (Å²) in [6.07, 6.45) is -0.434. The molecule has 3 amide bonds. The van der Waals surface area contributed by atoms with E-state index in [9.17, 15) is 14.0 Å². The first-order valence-electron chi connectivity index (χ1n) is 6.74. The number of nitrogens with one attached hydrogen (secondary N) is 2. The molecule has 0 radical (unpaired) electrons. The van der Waals surface area contributed by atoms with Gasteiger partial charge in [-0.1, -0.05) is 0 Å². The van der Waals surface area contributed by atoms with Crippen LogP contribution in [-0.2, 0) is 4.79 Å². The summed E-state index contributed by atoms with van der Waals surface area (Å²) in [7, 11) is 0. The van der Waals surface area contributed by atoms with E-state index in [0.29, 0.717) is 12.2 Å². The van der Waals surface area contributed by atoms with E-state index >= 15 is 0 Å². The van der Waals surface area contributed by atoms with Gasteiger partial charge in [-0.3, -0.25) is 4.79 Å². The Labute approximate surface area is 121 Å². The Hall–Kier alpha value is -2.15. The molecule has 3 N–H and O–H groups in total. The van der Waals surface area contributed by atoms with Gasteiger partial charge in [0.05, 0.1) is 12.1 Å². The Bertz CT molecular complexity index is 519. The highest BCUT2D eigenvalue weighted by atomic mass is 19.1. The van der Waals surface area contributed by atoms with E-state index in [1.54, 1.807) is 6.92 Å². The van der Waals surface area contributed by atoms with Crippen molar-refractivity contribution in [3.8, 4) is 0 Å². The molecule has 1 aromatic carbocycles. The zero-order valence-corrected chi connectivity index (χ0v) is 11.7. The number of carbonyl (C=O) groups excluding carboxylic acids is 2. The van der Waals surface area contributed by atoms with Gasteiger partial charge in [0.25, 0.3) is 0 Å². The van der Waals surface area contributed by atoms with Crippen LogP contribution in [0.2, 0.25) is 0 Å². The van der Waals surface area contributed by atoms with Gasteiger partial charge in [-0.05, 0) is 31.2 Å². The Kier molecular flexibility index (Phi) is 4.74. The van der Waals surface area contributed by atoms with Crippen LogP contribution in [-0.4, -0.2) is 42.3 Å². The Morgan fingerprint density at radius 1 is 1.48 bits per heavy atom. The minimum absolute atomic E-state index is 0.123. The number of aliphatic hydroxyl groups excluding tert-OH is 1. The van der Waals surface area contributed by atoms with Gasteiger partial charge in [0.1, 0.15) is 5.82 Å². The molecule has 1 fully saturated rings. The van der Waals surface area contributed by atoms with Gasteiger partial charge >= 0.3 is 6.03 Å². The fraction of sp³-hybridized carbons (Fsp3) is 0.429. The minimum atomic E-state index is -0.628. The Morgan fingerprint density at radius 2 is 2.14 bits per heavy atom. The van der Waals surface area contributed by atoms with Crippen LogP contribution < -0.4 is 15.5 Å². The van der Waals surface area contributed by atoms with Crippen molar-refractivity contribution in [3.63, 3.8) is 0 Å². The van der Waals surface area contributed by atoms with Crippen LogP contribution in [0.1, 0.15) is 13.3 Å². The molecular weight excluding hydrogens is 277 g/mol. The molecule has 21 heavy (non-hydrogen) atoms. The average Bonchev–Trinajstić information content (AvgIpc) is 2.78. The highest BCUT2D eigenvalue weighted by Crippen LogP contribution is 2.21. The molecule has 2 rings (SSSR count). The minimum Gasteiger partial charge on any atom is -0.392 e. The van der Waals surface area contributed by atoms with E-state index in [1.165, 1.54) is 29.2 Å². The lowest BCUT2D eigenvalue weighted by Gasteiger charge is -2.17. The predicted octanol–water partition coefficient (Wildman–Crippen LogP) is 0.611. The van der Waals surface area contributed by atoms with Crippen LogP contribution in [0.3, 0.4) is 0 Å². The molecular formula is C14H18FN3O3. The maximum Gasteiger partial charge on any atom is 0.315 e. The molecule has 0 aromatic heterocycles. The number of halogens is 1. The lowest BCUT2D eigenvalue weighted by atomic mass is 10.2. The summed E-state index contributed by atoms with van der Waals surface area (Å²) >= 11 is 0. The molecule has 114 valence electrons. The van der Waals surface area contributed by atoms with E-state index in [4.69, 9.17) is 5.11 Å². The summed E-state index contributed by atoms with van der Waals surface area (Å²) < 4.78 is 12.9. The van der Waals surface area contributed by atoms with Crippen LogP contribution in [0.25, 0.3) is 0 Å². The predicted molar refractivity (Wildman–Crippen MR) is 75.4 cm³/mol. The van der Waals surface area contributed by atoms with Crippen molar-refractivity contribution in [3.05, 3.63) is 30.1 Å². The van der Waals surface area contributed by atoms with Gasteiger partial charge in [-0.15, -0.1) is 0 Å². The molecule has 0 saturated carbocycles. The second-order valence-corrected chi connectivity index (χ2v) is 5.09. The van der Waals surface area contributed by atoms with E-state index in [2.05, 4.69) is 10.6 Å². The number of amides is 3. The number of benzene rings is 1. The van der Waals surface area contributed by atoms with Gasteiger partial charge in [0.15, 0.2) is 0 Å². The highest BCUT2D eigenvalue weighted by Gasteiger charge is 2.31. The van der Waals surface area contributed by atoms with E-state index < -0.39 is 12.1 Å². The molecule has 1 aliphatic heterocycles. The average molecular weight is 295 g/mol. The van der Waals surface area contributed by atoms with Gasteiger partial charge in [0, 0.05) is 25.2 Å². The SMILES string of the molecule is C[C@@H](O)CNC(=O)N[C@@H]1CC(=O)N(c2ccc(F)cc2)C1. The first-order valence-corrected chi connectivity index (χ1v) is 6.74. The topological polar surface area (TPSA) is 81.7 Å². The quantitative estimate of drug-likeness (QED) is 0.761. The molecule has 7 heteroatoms. The summed E-state index contributed by atoms with van der Waals surface area (Å²) in [4.78, 5) is 25.0. The Morgan fingerprint density at radius 3 is 2.76 bits per heavy atom. The molecule has 1 heterocycles. The second kappa shape index (κ2) is 6.53. The fourth-order valence-electron chi connectivity index (χ4n) is 2.15. The van der Waals surface area contributed by atoms with Crippen molar-refractivity contribution in [2.75, 3.05) is 18.0 Å². The standard InChI is InChI=1S/C14H18FN3O3/c1-9(19)7-16-14(21)17-11-6-13(20)18(8-11)12-4-2-10(15)3-5-12/h2-5,9,11,19H,6-8H2,1H3,(H2,16,17,21)/t9-,11-/m1/s1. The molecule has 1 aliphatic rings. The molecule has 2 atom stereocenters.